The third kappa shape index (κ3) is 1.19. The van der Waals surface area contributed by atoms with E-state index in [0.717, 1.165) is 5.69 Å². The lowest BCUT2D eigenvalue weighted by atomic mass is 10.1. The molecule has 3 heteroatoms. The van der Waals surface area contributed by atoms with Crippen LogP contribution in [0.3, 0.4) is 0 Å². The Hall–Kier alpha value is -0.830. The molecule has 0 radical (unpaired) electrons. The van der Waals surface area contributed by atoms with E-state index in [2.05, 4.69) is 10.2 Å². The Labute approximate surface area is 60.4 Å². The van der Waals surface area contributed by atoms with Crippen molar-refractivity contribution in [3.63, 3.8) is 0 Å². The van der Waals surface area contributed by atoms with Crippen LogP contribution in [0.2, 0.25) is 0 Å². The highest BCUT2D eigenvalue weighted by atomic mass is 16.5. The molecule has 0 aliphatic heterocycles. The minimum absolute atomic E-state index is 0.253. The van der Waals surface area contributed by atoms with Gasteiger partial charge in [0.05, 0.1) is 5.69 Å². The Balaban J connectivity index is 2.85. The summed E-state index contributed by atoms with van der Waals surface area (Å²) < 4.78 is 5.21. The van der Waals surface area contributed by atoms with E-state index in [1.54, 1.807) is 13.3 Å². The molecular formula is C7H12N2O. The van der Waals surface area contributed by atoms with Crippen LogP contribution in [0, 0.1) is 0 Å². The molecule has 0 aliphatic carbocycles. The molecular weight excluding hydrogens is 128 g/mol. The van der Waals surface area contributed by atoms with Gasteiger partial charge in [-0.1, -0.05) is 0 Å². The zero-order chi connectivity index (χ0) is 7.61. The van der Waals surface area contributed by atoms with Crippen LogP contribution in [0.4, 0.5) is 0 Å². The molecule has 0 unspecified atom stereocenters. The smallest absolute Gasteiger partial charge is 0.103 e. The van der Waals surface area contributed by atoms with Gasteiger partial charge in [-0.05, 0) is 19.9 Å². The standard InChI is InChI=1S/C7H12N2O/c1-7(2,10-3)6-4-5-8-9-6/h4-5H,1-3H3,(H,8,9). The first-order chi connectivity index (χ1) is 4.67. The van der Waals surface area contributed by atoms with Gasteiger partial charge in [0.1, 0.15) is 5.60 Å². The SMILES string of the molecule is COC(C)(C)c1ccn[nH]1. The van der Waals surface area contributed by atoms with Gasteiger partial charge in [0.15, 0.2) is 0 Å². The predicted molar refractivity (Wildman–Crippen MR) is 38.6 cm³/mol. The summed E-state index contributed by atoms with van der Waals surface area (Å²) in [5, 5.41) is 6.68. The maximum Gasteiger partial charge on any atom is 0.103 e. The molecule has 0 spiro atoms. The summed E-state index contributed by atoms with van der Waals surface area (Å²) in [6.07, 6.45) is 1.72. The second-order valence-electron chi connectivity index (χ2n) is 2.68. The van der Waals surface area contributed by atoms with Crippen molar-refractivity contribution in [2.75, 3.05) is 7.11 Å². The van der Waals surface area contributed by atoms with Crippen LogP contribution in [-0.2, 0) is 10.3 Å². The lowest BCUT2D eigenvalue weighted by molar-refractivity contribution is 0.0154. The van der Waals surface area contributed by atoms with Crippen LogP contribution in [0.1, 0.15) is 19.5 Å². The summed E-state index contributed by atoms with van der Waals surface area (Å²) in [6.45, 7) is 3.97. The first-order valence-corrected chi connectivity index (χ1v) is 3.22. The van der Waals surface area contributed by atoms with Gasteiger partial charge in [-0.3, -0.25) is 5.10 Å². The Morgan fingerprint density at radius 1 is 1.60 bits per heavy atom. The van der Waals surface area contributed by atoms with Crippen molar-refractivity contribution in [3.8, 4) is 0 Å². The van der Waals surface area contributed by atoms with Crippen molar-refractivity contribution in [2.24, 2.45) is 0 Å². The highest BCUT2D eigenvalue weighted by molar-refractivity contribution is 5.06. The molecule has 10 heavy (non-hydrogen) atoms. The summed E-state index contributed by atoms with van der Waals surface area (Å²) in [7, 11) is 1.68. The second-order valence-corrected chi connectivity index (χ2v) is 2.68. The minimum atomic E-state index is -0.253. The average molecular weight is 140 g/mol. The Bertz CT molecular complexity index is 191. The summed E-state index contributed by atoms with van der Waals surface area (Å²) in [5.41, 5.74) is 0.742. The average Bonchev–Trinajstić information content (AvgIpc) is 2.38. The zero-order valence-corrected chi connectivity index (χ0v) is 6.51. The third-order valence-electron chi connectivity index (χ3n) is 1.66. The number of ether oxygens (including phenoxy) is 1. The second kappa shape index (κ2) is 2.42. The van der Waals surface area contributed by atoms with E-state index in [9.17, 15) is 0 Å². The van der Waals surface area contributed by atoms with Gasteiger partial charge in [0, 0.05) is 13.3 Å². The summed E-state index contributed by atoms with van der Waals surface area (Å²) >= 11 is 0. The van der Waals surface area contributed by atoms with Crippen LogP contribution in [0.15, 0.2) is 12.3 Å². The monoisotopic (exact) mass is 140 g/mol. The molecule has 1 rings (SSSR count). The zero-order valence-electron chi connectivity index (χ0n) is 6.51. The first-order valence-electron chi connectivity index (χ1n) is 3.22. The number of hydrogen-bond acceptors (Lipinski definition) is 2. The van der Waals surface area contributed by atoms with Crippen molar-refractivity contribution < 1.29 is 4.74 Å². The van der Waals surface area contributed by atoms with E-state index in [4.69, 9.17) is 4.74 Å². The van der Waals surface area contributed by atoms with E-state index >= 15 is 0 Å². The maximum atomic E-state index is 5.21. The van der Waals surface area contributed by atoms with E-state index in [-0.39, 0.29) is 5.60 Å². The predicted octanol–water partition coefficient (Wildman–Crippen LogP) is 1.29. The van der Waals surface area contributed by atoms with E-state index in [1.165, 1.54) is 0 Å². The fourth-order valence-electron chi connectivity index (χ4n) is 0.701. The van der Waals surface area contributed by atoms with Gasteiger partial charge in [-0.2, -0.15) is 5.10 Å². The van der Waals surface area contributed by atoms with Crippen molar-refractivity contribution >= 4 is 0 Å². The van der Waals surface area contributed by atoms with Crippen LogP contribution in [0.25, 0.3) is 0 Å². The fourth-order valence-corrected chi connectivity index (χ4v) is 0.701. The van der Waals surface area contributed by atoms with Gasteiger partial charge in [0.25, 0.3) is 0 Å². The molecule has 1 aromatic heterocycles. The van der Waals surface area contributed by atoms with Crippen LogP contribution in [0.5, 0.6) is 0 Å². The number of methoxy groups -OCH3 is 1. The molecule has 3 nitrogen and oxygen atoms in total. The van der Waals surface area contributed by atoms with Gasteiger partial charge >= 0.3 is 0 Å². The van der Waals surface area contributed by atoms with Crippen molar-refractivity contribution in [3.05, 3.63) is 18.0 Å². The number of H-pyrrole nitrogens is 1. The largest absolute Gasteiger partial charge is 0.373 e. The molecule has 0 saturated heterocycles. The molecule has 56 valence electrons. The Morgan fingerprint density at radius 3 is 2.70 bits per heavy atom. The number of aromatic nitrogens is 2. The molecule has 0 saturated carbocycles. The number of rotatable bonds is 2. The van der Waals surface area contributed by atoms with Gasteiger partial charge in [-0.25, -0.2) is 0 Å². The summed E-state index contributed by atoms with van der Waals surface area (Å²) in [5.74, 6) is 0. The van der Waals surface area contributed by atoms with Crippen LogP contribution in [-0.4, -0.2) is 17.3 Å². The maximum absolute atomic E-state index is 5.21. The molecule has 0 atom stereocenters. The quantitative estimate of drug-likeness (QED) is 0.672. The topological polar surface area (TPSA) is 37.9 Å². The van der Waals surface area contributed by atoms with Gasteiger partial charge < -0.3 is 4.74 Å². The molecule has 0 amide bonds. The van der Waals surface area contributed by atoms with Crippen LogP contribution < -0.4 is 0 Å². The van der Waals surface area contributed by atoms with Gasteiger partial charge in [0.2, 0.25) is 0 Å². The number of aromatic amines is 1. The lowest BCUT2D eigenvalue weighted by Gasteiger charge is -2.20. The number of hydrogen-bond donors (Lipinski definition) is 1. The normalized spacial score (nSPS) is 11.9. The molecule has 0 bridgehead atoms. The highest BCUT2D eigenvalue weighted by Gasteiger charge is 2.19. The fraction of sp³-hybridized carbons (Fsp3) is 0.571. The van der Waals surface area contributed by atoms with E-state index < -0.39 is 0 Å². The highest BCUT2D eigenvalue weighted by Crippen LogP contribution is 2.20. The number of nitrogens with one attached hydrogen (secondary N) is 1. The van der Waals surface area contributed by atoms with Crippen molar-refractivity contribution in [1.82, 2.24) is 10.2 Å². The molecule has 0 fully saturated rings. The van der Waals surface area contributed by atoms with E-state index in [0.29, 0.717) is 0 Å². The van der Waals surface area contributed by atoms with E-state index in [1.807, 2.05) is 19.9 Å². The minimum Gasteiger partial charge on any atom is -0.373 e. The van der Waals surface area contributed by atoms with Crippen LogP contribution >= 0.6 is 0 Å². The first kappa shape index (κ1) is 7.28. The molecule has 0 aliphatic rings. The Kier molecular flexibility index (Phi) is 1.76. The summed E-state index contributed by atoms with van der Waals surface area (Å²) in [6, 6.07) is 1.91. The third-order valence-corrected chi connectivity index (χ3v) is 1.66. The van der Waals surface area contributed by atoms with Crippen molar-refractivity contribution in [1.29, 1.82) is 0 Å². The molecule has 1 N–H and O–H groups in total. The number of nitrogens with zero attached hydrogens (tertiary/aromatic N) is 1. The molecule has 1 heterocycles. The summed E-state index contributed by atoms with van der Waals surface area (Å²) in [4.78, 5) is 0. The molecule has 1 aromatic rings. The van der Waals surface area contributed by atoms with Gasteiger partial charge in [-0.15, -0.1) is 0 Å². The Morgan fingerprint density at radius 2 is 2.30 bits per heavy atom. The van der Waals surface area contributed by atoms with Crippen molar-refractivity contribution in [2.45, 2.75) is 19.4 Å². The molecule has 0 aromatic carbocycles. The lowest BCUT2D eigenvalue weighted by Crippen LogP contribution is -2.19.